The lowest BCUT2D eigenvalue weighted by Crippen LogP contribution is -2.30. The van der Waals surface area contributed by atoms with Gasteiger partial charge in [-0.25, -0.2) is 19.7 Å². The van der Waals surface area contributed by atoms with Crippen LogP contribution >= 0.6 is 11.3 Å². The number of nitrogens with zero attached hydrogens (tertiary/aromatic N) is 3. The Labute approximate surface area is 252 Å². The fourth-order valence-electron chi connectivity index (χ4n) is 4.30. The Kier molecular flexibility index (Phi) is 8.87. The highest BCUT2D eigenvalue weighted by atomic mass is 32.1. The second-order valence-corrected chi connectivity index (χ2v) is 10.9. The van der Waals surface area contributed by atoms with Crippen LogP contribution in [0.3, 0.4) is 0 Å². The maximum atomic E-state index is 13.0. The fraction of sp³-hybridized carbons (Fsp3) is 0.212. The summed E-state index contributed by atoms with van der Waals surface area (Å²) < 4.78 is 10.4. The summed E-state index contributed by atoms with van der Waals surface area (Å²) in [5.74, 6) is -1.62. The van der Waals surface area contributed by atoms with E-state index in [0.717, 1.165) is 27.9 Å². The first-order chi connectivity index (χ1) is 20.7. The SMILES string of the molecule is CCOC(=O)Cc1csc(NC(=O)C(C)OC(=O)c2ccc3nc(-c4ccc(C)cc4)c(-c4ccc(C)cc4)nc3c2)n1. The molecular weight excluding hydrogens is 564 g/mol. The Hall–Kier alpha value is -4.96. The number of thiazole rings is 1. The van der Waals surface area contributed by atoms with Gasteiger partial charge in [-0.2, -0.15) is 0 Å². The van der Waals surface area contributed by atoms with Crippen molar-refractivity contribution in [1.82, 2.24) is 15.0 Å². The van der Waals surface area contributed by atoms with Gasteiger partial charge in [0.1, 0.15) is 0 Å². The van der Waals surface area contributed by atoms with Crippen LogP contribution in [0.4, 0.5) is 5.13 Å². The molecule has 2 aromatic heterocycles. The number of ether oxygens (including phenoxy) is 2. The second kappa shape index (κ2) is 12.9. The van der Waals surface area contributed by atoms with Crippen LogP contribution < -0.4 is 5.32 Å². The first-order valence-electron chi connectivity index (χ1n) is 13.8. The van der Waals surface area contributed by atoms with Gasteiger partial charge < -0.3 is 9.47 Å². The zero-order chi connectivity index (χ0) is 30.5. The Morgan fingerprint density at radius 3 is 2.05 bits per heavy atom. The van der Waals surface area contributed by atoms with Crippen LogP contribution in [0.1, 0.15) is 41.0 Å². The number of esters is 2. The smallest absolute Gasteiger partial charge is 0.338 e. The predicted molar refractivity (Wildman–Crippen MR) is 166 cm³/mol. The summed E-state index contributed by atoms with van der Waals surface area (Å²) in [5, 5.41) is 4.58. The molecule has 0 saturated carbocycles. The number of hydrogen-bond acceptors (Lipinski definition) is 9. The summed E-state index contributed by atoms with van der Waals surface area (Å²) in [6, 6.07) is 21.1. The molecule has 0 aliphatic heterocycles. The fourth-order valence-corrected chi connectivity index (χ4v) is 5.01. The Balaban J connectivity index is 1.35. The number of rotatable bonds is 9. The molecule has 0 spiro atoms. The van der Waals surface area contributed by atoms with Gasteiger partial charge in [0.25, 0.3) is 5.91 Å². The van der Waals surface area contributed by atoms with Gasteiger partial charge in [-0.1, -0.05) is 59.7 Å². The van der Waals surface area contributed by atoms with E-state index in [4.69, 9.17) is 19.4 Å². The average Bonchev–Trinajstić information content (AvgIpc) is 3.43. The monoisotopic (exact) mass is 594 g/mol. The standard InChI is InChI=1S/C33H30N4O5S/c1-5-41-28(38)17-25-18-43-33(34-25)37-31(39)21(4)42-32(40)24-14-15-26-27(16-24)36-30(23-12-8-20(3)9-13-23)29(35-26)22-10-6-19(2)7-11-22/h6-16,18,21H,5,17H2,1-4H3,(H,34,37,39). The number of aromatic nitrogens is 3. The number of anilines is 1. The van der Waals surface area contributed by atoms with E-state index >= 15 is 0 Å². The van der Waals surface area contributed by atoms with E-state index in [1.807, 2.05) is 62.4 Å². The van der Waals surface area contributed by atoms with Gasteiger partial charge >= 0.3 is 11.9 Å². The minimum atomic E-state index is -1.10. The molecule has 1 amide bonds. The van der Waals surface area contributed by atoms with E-state index in [2.05, 4.69) is 10.3 Å². The van der Waals surface area contributed by atoms with E-state index in [-0.39, 0.29) is 18.6 Å². The zero-order valence-corrected chi connectivity index (χ0v) is 25.0. The molecule has 0 fully saturated rings. The summed E-state index contributed by atoms with van der Waals surface area (Å²) >= 11 is 1.17. The Morgan fingerprint density at radius 1 is 0.837 bits per heavy atom. The van der Waals surface area contributed by atoms with Crippen LogP contribution in [0, 0.1) is 13.8 Å². The van der Waals surface area contributed by atoms with Crippen LogP contribution in [0.2, 0.25) is 0 Å². The van der Waals surface area contributed by atoms with Crippen LogP contribution in [-0.2, 0) is 25.5 Å². The van der Waals surface area contributed by atoms with Crippen LogP contribution in [0.5, 0.6) is 0 Å². The Morgan fingerprint density at radius 2 is 1.44 bits per heavy atom. The van der Waals surface area contributed by atoms with E-state index in [1.54, 1.807) is 30.5 Å². The topological polar surface area (TPSA) is 120 Å². The van der Waals surface area contributed by atoms with Crippen LogP contribution in [0.15, 0.2) is 72.1 Å². The highest BCUT2D eigenvalue weighted by molar-refractivity contribution is 7.13. The molecule has 3 aromatic carbocycles. The third-order valence-electron chi connectivity index (χ3n) is 6.62. The first kappa shape index (κ1) is 29.5. The number of fused-ring (bicyclic) bond motifs is 1. The minimum Gasteiger partial charge on any atom is -0.466 e. The van der Waals surface area contributed by atoms with Crippen LogP contribution in [-0.4, -0.2) is 45.5 Å². The molecule has 2 heterocycles. The maximum Gasteiger partial charge on any atom is 0.338 e. The lowest BCUT2D eigenvalue weighted by atomic mass is 10.0. The molecule has 0 bridgehead atoms. The van der Waals surface area contributed by atoms with Gasteiger partial charge in [0.05, 0.1) is 46.7 Å². The van der Waals surface area contributed by atoms with Crippen molar-refractivity contribution in [2.45, 2.75) is 40.2 Å². The number of carbonyl (C=O) groups excluding carboxylic acids is 3. The number of benzene rings is 3. The van der Waals surface area contributed by atoms with Gasteiger partial charge in [0, 0.05) is 16.5 Å². The molecule has 1 N–H and O–H groups in total. The number of aryl methyl sites for hydroxylation is 2. The number of hydrogen-bond donors (Lipinski definition) is 1. The molecule has 218 valence electrons. The summed E-state index contributed by atoms with van der Waals surface area (Å²) in [7, 11) is 0. The Bertz CT molecular complexity index is 1800. The molecular formula is C33H30N4O5S. The molecule has 0 radical (unpaired) electrons. The van der Waals surface area contributed by atoms with E-state index in [1.165, 1.54) is 18.3 Å². The summed E-state index contributed by atoms with van der Waals surface area (Å²) in [6.07, 6.45) is -1.09. The van der Waals surface area contributed by atoms with Crippen molar-refractivity contribution in [3.05, 3.63) is 94.5 Å². The van der Waals surface area contributed by atoms with Crippen molar-refractivity contribution in [2.24, 2.45) is 0 Å². The molecule has 5 aromatic rings. The molecule has 0 aliphatic rings. The van der Waals surface area contributed by atoms with Crippen molar-refractivity contribution < 1.29 is 23.9 Å². The zero-order valence-electron chi connectivity index (χ0n) is 24.2. The van der Waals surface area contributed by atoms with E-state index in [9.17, 15) is 14.4 Å². The van der Waals surface area contributed by atoms with E-state index < -0.39 is 23.9 Å². The molecule has 10 heteroatoms. The lowest BCUT2D eigenvalue weighted by Gasteiger charge is -2.14. The van der Waals surface area contributed by atoms with Gasteiger partial charge in [0.2, 0.25) is 0 Å². The molecule has 0 saturated heterocycles. The van der Waals surface area contributed by atoms with E-state index in [0.29, 0.717) is 27.6 Å². The molecule has 9 nitrogen and oxygen atoms in total. The number of amides is 1. The second-order valence-electron chi connectivity index (χ2n) is 10.0. The summed E-state index contributed by atoms with van der Waals surface area (Å²) in [6.45, 7) is 7.54. The first-order valence-corrected chi connectivity index (χ1v) is 14.7. The quantitative estimate of drug-likeness (QED) is 0.197. The summed E-state index contributed by atoms with van der Waals surface area (Å²) in [5.41, 5.74) is 7.42. The van der Waals surface area contributed by atoms with Gasteiger partial charge in [-0.3, -0.25) is 14.9 Å². The minimum absolute atomic E-state index is 0.00769. The summed E-state index contributed by atoms with van der Waals surface area (Å²) in [4.78, 5) is 51.5. The van der Waals surface area contributed by atoms with Crippen molar-refractivity contribution in [3.63, 3.8) is 0 Å². The highest BCUT2D eigenvalue weighted by Crippen LogP contribution is 2.32. The highest BCUT2D eigenvalue weighted by Gasteiger charge is 2.22. The molecule has 1 unspecified atom stereocenters. The van der Waals surface area contributed by atoms with Crippen molar-refractivity contribution in [1.29, 1.82) is 0 Å². The predicted octanol–water partition coefficient (Wildman–Crippen LogP) is 6.33. The third-order valence-corrected chi connectivity index (χ3v) is 7.42. The van der Waals surface area contributed by atoms with Gasteiger partial charge in [-0.15, -0.1) is 11.3 Å². The molecule has 0 aliphatic carbocycles. The van der Waals surface area contributed by atoms with Gasteiger partial charge in [-0.05, 0) is 45.9 Å². The number of nitrogens with one attached hydrogen (secondary N) is 1. The number of carbonyl (C=O) groups is 3. The molecule has 5 rings (SSSR count). The normalized spacial score (nSPS) is 11.6. The maximum absolute atomic E-state index is 13.0. The van der Waals surface area contributed by atoms with Crippen molar-refractivity contribution >= 4 is 45.3 Å². The van der Waals surface area contributed by atoms with Crippen LogP contribution in [0.25, 0.3) is 33.5 Å². The van der Waals surface area contributed by atoms with Crippen molar-refractivity contribution in [3.8, 4) is 22.5 Å². The lowest BCUT2D eigenvalue weighted by molar-refractivity contribution is -0.142. The average molecular weight is 595 g/mol. The largest absolute Gasteiger partial charge is 0.466 e. The molecule has 43 heavy (non-hydrogen) atoms. The third kappa shape index (κ3) is 7.10. The molecule has 1 atom stereocenters. The van der Waals surface area contributed by atoms with Crippen molar-refractivity contribution in [2.75, 3.05) is 11.9 Å². The van der Waals surface area contributed by atoms with Gasteiger partial charge in [0.15, 0.2) is 11.2 Å².